The fourth-order valence-electron chi connectivity index (χ4n) is 2.49. The molecule has 0 unspecified atom stereocenters. The van der Waals surface area contributed by atoms with Gasteiger partial charge in [0.25, 0.3) is 0 Å². The molecule has 1 aromatic carbocycles. The molecule has 0 saturated heterocycles. The molecule has 0 atom stereocenters. The molecular weight excluding hydrogens is 326 g/mol. The first-order chi connectivity index (χ1) is 11.6. The maximum absolute atomic E-state index is 9.29. The Morgan fingerprint density at radius 3 is 2.79 bits per heavy atom. The van der Waals surface area contributed by atoms with Crippen molar-refractivity contribution in [3.63, 3.8) is 0 Å². The fourth-order valence-corrected chi connectivity index (χ4v) is 2.71. The third-order valence-electron chi connectivity index (χ3n) is 3.67. The maximum Gasteiger partial charge on any atom is 0.161 e. The molecule has 0 spiro atoms. The van der Waals surface area contributed by atoms with Crippen LogP contribution in [0.1, 0.15) is 31.3 Å². The van der Waals surface area contributed by atoms with E-state index in [0.29, 0.717) is 29.6 Å². The highest BCUT2D eigenvalue weighted by Crippen LogP contribution is 2.20. The molecule has 0 aliphatic heterocycles. The first-order valence-electron chi connectivity index (χ1n) is 7.90. The van der Waals surface area contributed by atoms with E-state index in [0.717, 1.165) is 11.1 Å². The molecule has 2 heterocycles. The maximum atomic E-state index is 9.29. The second kappa shape index (κ2) is 7.15. The van der Waals surface area contributed by atoms with Gasteiger partial charge in [-0.2, -0.15) is 10.2 Å². The number of hydrogen-bond donors (Lipinski definition) is 1. The Kier molecular flexibility index (Phi) is 4.97. The average molecular weight is 346 g/mol. The van der Waals surface area contributed by atoms with E-state index in [9.17, 15) is 5.11 Å². The number of halogens is 1. The molecule has 0 aliphatic rings. The molecule has 2 aromatic heterocycles. The van der Waals surface area contributed by atoms with Gasteiger partial charge >= 0.3 is 0 Å². The largest absolute Gasteiger partial charge is 0.394 e. The van der Waals surface area contributed by atoms with Crippen molar-refractivity contribution in [3.05, 3.63) is 53.1 Å². The molecule has 0 radical (unpaired) electrons. The van der Waals surface area contributed by atoms with Crippen LogP contribution in [0.15, 0.2) is 36.7 Å². The van der Waals surface area contributed by atoms with Crippen LogP contribution in [0.5, 0.6) is 0 Å². The molecule has 0 saturated carbocycles. The summed E-state index contributed by atoms with van der Waals surface area (Å²) in [5, 5.41) is 18.9. The molecule has 0 fully saturated rings. The van der Waals surface area contributed by atoms with Crippen molar-refractivity contribution in [2.24, 2.45) is 0 Å². The van der Waals surface area contributed by atoms with Crippen LogP contribution in [-0.4, -0.2) is 36.3 Å². The monoisotopic (exact) mass is 345 g/mol. The molecule has 126 valence electrons. The lowest BCUT2D eigenvalue weighted by Crippen LogP contribution is -2.06. The van der Waals surface area contributed by atoms with Gasteiger partial charge in [-0.25, -0.2) is 9.67 Å². The van der Waals surface area contributed by atoms with Gasteiger partial charge in [0.05, 0.1) is 24.9 Å². The Hall–Kier alpha value is -2.18. The zero-order valence-electron chi connectivity index (χ0n) is 13.7. The fraction of sp³-hybridized carbons (Fsp3) is 0.353. The summed E-state index contributed by atoms with van der Waals surface area (Å²) in [6, 6.07) is 7.93. The molecule has 0 bridgehead atoms. The van der Waals surface area contributed by atoms with Crippen molar-refractivity contribution < 1.29 is 5.11 Å². The predicted octanol–water partition coefficient (Wildman–Crippen LogP) is 2.96. The van der Waals surface area contributed by atoms with Crippen molar-refractivity contribution in [2.75, 3.05) is 6.61 Å². The molecule has 0 aliphatic carbocycles. The topological polar surface area (TPSA) is 68.8 Å². The lowest BCUT2D eigenvalue weighted by atomic mass is 10.1. The highest BCUT2D eigenvalue weighted by molar-refractivity contribution is 6.30. The summed E-state index contributed by atoms with van der Waals surface area (Å²) in [5.41, 5.74) is 1.94. The van der Waals surface area contributed by atoms with Crippen LogP contribution >= 0.6 is 11.6 Å². The number of aromatic nitrogens is 5. The van der Waals surface area contributed by atoms with Crippen LogP contribution < -0.4 is 0 Å². The van der Waals surface area contributed by atoms with Gasteiger partial charge in [0, 0.05) is 23.7 Å². The molecule has 24 heavy (non-hydrogen) atoms. The zero-order chi connectivity index (χ0) is 17.1. The highest BCUT2D eigenvalue weighted by Gasteiger charge is 2.14. The Morgan fingerprint density at radius 1 is 1.29 bits per heavy atom. The quantitative estimate of drug-likeness (QED) is 0.745. The van der Waals surface area contributed by atoms with Crippen LogP contribution in [0.25, 0.3) is 11.4 Å². The van der Waals surface area contributed by atoms with Gasteiger partial charge in [-0.05, 0) is 31.5 Å². The van der Waals surface area contributed by atoms with Gasteiger partial charge in [-0.15, -0.1) is 0 Å². The number of nitrogens with zero attached hydrogens (tertiary/aromatic N) is 5. The van der Waals surface area contributed by atoms with E-state index in [2.05, 4.69) is 29.0 Å². The van der Waals surface area contributed by atoms with Gasteiger partial charge < -0.3 is 5.11 Å². The van der Waals surface area contributed by atoms with Crippen LogP contribution in [-0.2, 0) is 13.0 Å². The summed E-state index contributed by atoms with van der Waals surface area (Å²) < 4.78 is 3.60. The molecule has 0 amide bonds. The van der Waals surface area contributed by atoms with Crippen molar-refractivity contribution in [1.82, 2.24) is 24.5 Å². The highest BCUT2D eigenvalue weighted by atomic mass is 35.5. The SMILES string of the molecule is CC(C)n1cc(-c2nc(Cc3cccc(Cl)c3)nn2CCO)cn1. The van der Waals surface area contributed by atoms with Crippen LogP contribution in [0.4, 0.5) is 0 Å². The molecular formula is C17H20ClN5O. The molecule has 6 nitrogen and oxygen atoms in total. The van der Waals surface area contributed by atoms with E-state index >= 15 is 0 Å². The zero-order valence-corrected chi connectivity index (χ0v) is 14.5. The number of hydrogen-bond acceptors (Lipinski definition) is 4. The summed E-state index contributed by atoms with van der Waals surface area (Å²) in [4.78, 5) is 4.64. The van der Waals surface area contributed by atoms with Crippen LogP contribution in [0.2, 0.25) is 5.02 Å². The minimum atomic E-state index is 0.00524. The van der Waals surface area contributed by atoms with Gasteiger partial charge in [0.1, 0.15) is 0 Å². The van der Waals surface area contributed by atoms with E-state index in [-0.39, 0.29) is 12.6 Å². The third-order valence-corrected chi connectivity index (χ3v) is 3.90. The normalized spacial score (nSPS) is 11.4. The number of aliphatic hydroxyl groups excluding tert-OH is 1. The van der Waals surface area contributed by atoms with E-state index in [1.54, 1.807) is 10.9 Å². The van der Waals surface area contributed by atoms with Crippen molar-refractivity contribution in [2.45, 2.75) is 32.9 Å². The van der Waals surface area contributed by atoms with Gasteiger partial charge in [0.15, 0.2) is 11.6 Å². The predicted molar refractivity (Wildman–Crippen MR) is 93.0 cm³/mol. The molecule has 3 aromatic rings. The summed E-state index contributed by atoms with van der Waals surface area (Å²) in [6.07, 6.45) is 4.32. The summed E-state index contributed by atoms with van der Waals surface area (Å²) in [5.74, 6) is 1.41. The Balaban J connectivity index is 1.92. The summed E-state index contributed by atoms with van der Waals surface area (Å²) in [6.45, 7) is 4.54. The summed E-state index contributed by atoms with van der Waals surface area (Å²) in [7, 11) is 0. The standard InChI is InChI=1S/C17H20ClN5O/c1-12(2)23-11-14(10-19-23)17-20-16(21-22(17)6-7-24)9-13-4-3-5-15(18)8-13/h3-5,8,10-12,24H,6-7,9H2,1-2H3. The average Bonchev–Trinajstić information content (AvgIpc) is 3.15. The van der Waals surface area contributed by atoms with Crippen LogP contribution in [0.3, 0.4) is 0 Å². The van der Waals surface area contributed by atoms with Gasteiger partial charge in [0.2, 0.25) is 0 Å². The molecule has 1 N–H and O–H groups in total. The van der Waals surface area contributed by atoms with E-state index in [1.165, 1.54) is 0 Å². The minimum Gasteiger partial charge on any atom is -0.394 e. The Bertz CT molecular complexity index is 824. The lowest BCUT2D eigenvalue weighted by molar-refractivity contribution is 0.270. The third kappa shape index (κ3) is 3.66. The minimum absolute atomic E-state index is 0.00524. The van der Waals surface area contributed by atoms with E-state index < -0.39 is 0 Å². The Labute approximate surface area is 145 Å². The number of benzene rings is 1. The number of rotatable bonds is 6. The van der Waals surface area contributed by atoms with Crippen LogP contribution in [0, 0.1) is 0 Å². The van der Waals surface area contributed by atoms with Crippen molar-refractivity contribution in [3.8, 4) is 11.4 Å². The first kappa shape index (κ1) is 16.7. The lowest BCUT2D eigenvalue weighted by Gasteiger charge is -2.03. The number of aliphatic hydroxyl groups is 1. The second-order valence-corrected chi connectivity index (χ2v) is 6.34. The van der Waals surface area contributed by atoms with Gasteiger partial charge in [-0.3, -0.25) is 4.68 Å². The van der Waals surface area contributed by atoms with E-state index in [1.807, 2.05) is 35.1 Å². The first-order valence-corrected chi connectivity index (χ1v) is 8.28. The van der Waals surface area contributed by atoms with Crippen molar-refractivity contribution in [1.29, 1.82) is 0 Å². The van der Waals surface area contributed by atoms with Crippen molar-refractivity contribution >= 4 is 11.6 Å². The Morgan fingerprint density at radius 2 is 2.12 bits per heavy atom. The molecule has 3 rings (SSSR count). The van der Waals surface area contributed by atoms with Gasteiger partial charge in [-0.1, -0.05) is 23.7 Å². The second-order valence-electron chi connectivity index (χ2n) is 5.91. The molecule has 7 heteroatoms. The smallest absolute Gasteiger partial charge is 0.161 e. The van der Waals surface area contributed by atoms with E-state index in [4.69, 9.17) is 11.6 Å². The summed E-state index contributed by atoms with van der Waals surface area (Å²) >= 11 is 6.04.